The van der Waals surface area contributed by atoms with E-state index in [2.05, 4.69) is 0 Å². The Hall–Kier alpha value is -2.21. The summed E-state index contributed by atoms with van der Waals surface area (Å²) in [6, 6.07) is 6.41. The third-order valence-electron chi connectivity index (χ3n) is 4.20. The fourth-order valence-electron chi connectivity index (χ4n) is 2.98. The summed E-state index contributed by atoms with van der Waals surface area (Å²) >= 11 is 0. The maximum Gasteiger partial charge on any atom is 0.341 e. The summed E-state index contributed by atoms with van der Waals surface area (Å²) in [6.45, 7) is 0.305. The molecular formula is C14H11NO5. The van der Waals surface area contributed by atoms with E-state index in [1.165, 1.54) is 0 Å². The molecule has 1 aromatic rings. The first-order chi connectivity index (χ1) is 9.61. The molecule has 3 aliphatic heterocycles. The number of carbonyl (C=O) groups is 3. The fraction of sp³-hybridized carbons (Fsp3) is 0.357. The van der Waals surface area contributed by atoms with Gasteiger partial charge in [0.15, 0.2) is 0 Å². The van der Waals surface area contributed by atoms with Crippen molar-refractivity contribution in [2.75, 3.05) is 6.61 Å². The summed E-state index contributed by atoms with van der Waals surface area (Å²) in [5.74, 6) is -1.74. The second kappa shape index (κ2) is 3.67. The maximum absolute atomic E-state index is 12.2. The summed E-state index contributed by atoms with van der Waals surface area (Å²) < 4.78 is 5.34. The van der Waals surface area contributed by atoms with Crippen LogP contribution in [0.3, 0.4) is 0 Å². The van der Waals surface area contributed by atoms with Gasteiger partial charge in [-0.25, -0.2) is 4.79 Å². The Morgan fingerprint density at radius 1 is 1.20 bits per heavy atom. The van der Waals surface area contributed by atoms with Gasteiger partial charge in [0.2, 0.25) is 0 Å². The molecule has 0 spiro atoms. The lowest BCUT2D eigenvalue weighted by Gasteiger charge is -2.32. The van der Waals surface area contributed by atoms with Gasteiger partial charge >= 0.3 is 5.97 Å². The van der Waals surface area contributed by atoms with Crippen molar-refractivity contribution in [2.24, 2.45) is 5.41 Å². The summed E-state index contributed by atoms with van der Waals surface area (Å²) in [7, 11) is 0. The molecule has 1 aliphatic carbocycles. The Bertz CT molecular complexity index is 606. The molecule has 20 heavy (non-hydrogen) atoms. The van der Waals surface area contributed by atoms with E-state index in [1.807, 2.05) is 0 Å². The molecule has 1 aromatic carbocycles. The van der Waals surface area contributed by atoms with Gasteiger partial charge < -0.3 is 9.57 Å². The van der Waals surface area contributed by atoms with Crippen molar-refractivity contribution in [2.45, 2.75) is 18.9 Å². The standard InChI is InChI=1S/C14H11NO5/c16-11-9-3-1-2-4-10(9)12(17)15(11)20-13(18)14-5-8(6-14)19-7-14/h1-4,8H,5-7H2. The van der Waals surface area contributed by atoms with E-state index in [1.54, 1.807) is 24.3 Å². The zero-order valence-corrected chi connectivity index (χ0v) is 10.5. The van der Waals surface area contributed by atoms with Gasteiger partial charge in [-0.15, -0.1) is 0 Å². The molecule has 3 fully saturated rings. The van der Waals surface area contributed by atoms with Crippen molar-refractivity contribution < 1.29 is 24.0 Å². The largest absolute Gasteiger partial charge is 0.377 e. The zero-order valence-electron chi connectivity index (χ0n) is 10.5. The van der Waals surface area contributed by atoms with Crippen LogP contribution in [0.2, 0.25) is 0 Å². The first-order valence-electron chi connectivity index (χ1n) is 6.43. The minimum atomic E-state index is -0.667. The van der Waals surface area contributed by atoms with E-state index in [0.717, 1.165) is 0 Å². The second-order valence-electron chi connectivity index (χ2n) is 5.45. The first kappa shape index (κ1) is 11.6. The molecule has 2 amide bonds. The smallest absolute Gasteiger partial charge is 0.341 e. The SMILES string of the molecule is O=C1c2ccccc2C(=O)N1OC(=O)C12COC(C1)C2. The van der Waals surface area contributed by atoms with Gasteiger partial charge in [-0.2, -0.15) is 0 Å². The lowest BCUT2D eigenvalue weighted by Crippen LogP contribution is -2.45. The predicted octanol–water partition coefficient (Wildman–Crippen LogP) is 0.920. The number of imide groups is 1. The molecule has 2 saturated heterocycles. The quantitative estimate of drug-likeness (QED) is 0.749. The molecular weight excluding hydrogens is 262 g/mol. The highest BCUT2D eigenvalue weighted by atomic mass is 16.7. The van der Waals surface area contributed by atoms with E-state index in [-0.39, 0.29) is 17.2 Å². The van der Waals surface area contributed by atoms with Gasteiger partial charge in [-0.1, -0.05) is 17.2 Å². The highest BCUT2D eigenvalue weighted by Gasteiger charge is 2.59. The molecule has 6 nitrogen and oxygen atoms in total. The van der Waals surface area contributed by atoms with Gasteiger partial charge in [0.05, 0.1) is 29.3 Å². The summed E-state index contributed by atoms with van der Waals surface area (Å²) in [4.78, 5) is 41.4. The molecule has 0 radical (unpaired) electrons. The highest BCUT2D eigenvalue weighted by Crippen LogP contribution is 2.51. The normalized spacial score (nSPS) is 30.2. The summed E-state index contributed by atoms with van der Waals surface area (Å²) in [5.41, 5.74) is -0.145. The number of hydrogen-bond donors (Lipinski definition) is 0. The van der Waals surface area contributed by atoms with Crippen LogP contribution < -0.4 is 0 Å². The van der Waals surface area contributed by atoms with Gasteiger partial charge in [-0.05, 0) is 25.0 Å². The van der Waals surface area contributed by atoms with Crippen molar-refractivity contribution >= 4 is 17.8 Å². The average Bonchev–Trinajstić information content (AvgIpc) is 3.08. The van der Waals surface area contributed by atoms with Crippen molar-refractivity contribution in [1.82, 2.24) is 5.06 Å². The van der Waals surface area contributed by atoms with E-state index in [0.29, 0.717) is 24.5 Å². The average molecular weight is 273 g/mol. The fourth-order valence-corrected chi connectivity index (χ4v) is 2.98. The Balaban J connectivity index is 1.57. The van der Waals surface area contributed by atoms with E-state index < -0.39 is 23.2 Å². The number of nitrogens with zero attached hydrogens (tertiary/aromatic N) is 1. The van der Waals surface area contributed by atoms with Crippen LogP contribution in [0.4, 0.5) is 0 Å². The molecule has 0 aromatic heterocycles. The number of hydroxylamine groups is 2. The Kier molecular flexibility index (Phi) is 2.13. The maximum atomic E-state index is 12.2. The summed E-state index contributed by atoms with van der Waals surface area (Å²) in [6.07, 6.45) is 1.33. The van der Waals surface area contributed by atoms with Crippen LogP contribution in [0.25, 0.3) is 0 Å². The van der Waals surface area contributed by atoms with E-state index in [4.69, 9.17) is 9.57 Å². The molecule has 0 atom stereocenters. The number of benzene rings is 1. The van der Waals surface area contributed by atoms with Crippen molar-refractivity contribution in [3.63, 3.8) is 0 Å². The monoisotopic (exact) mass is 273 g/mol. The molecule has 6 heteroatoms. The van der Waals surface area contributed by atoms with Crippen LogP contribution in [0, 0.1) is 5.41 Å². The number of hydrogen-bond acceptors (Lipinski definition) is 5. The van der Waals surface area contributed by atoms with E-state index in [9.17, 15) is 14.4 Å². The lowest BCUT2D eigenvalue weighted by molar-refractivity contribution is -0.183. The minimum Gasteiger partial charge on any atom is -0.377 e. The van der Waals surface area contributed by atoms with Crippen LogP contribution in [-0.2, 0) is 14.4 Å². The second-order valence-corrected chi connectivity index (χ2v) is 5.45. The van der Waals surface area contributed by atoms with Crippen LogP contribution in [0.1, 0.15) is 33.6 Å². The molecule has 4 aliphatic rings. The predicted molar refractivity (Wildman–Crippen MR) is 64.4 cm³/mol. The van der Waals surface area contributed by atoms with Gasteiger partial charge in [0.25, 0.3) is 11.8 Å². The molecule has 2 bridgehead atoms. The van der Waals surface area contributed by atoms with Crippen LogP contribution in [-0.4, -0.2) is 35.6 Å². The van der Waals surface area contributed by atoms with Gasteiger partial charge in [-0.3, -0.25) is 9.59 Å². The number of ether oxygens (including phenoxy) is 1. The Labute approximate surface area is 114 Å². The Morgan fingerprint density at radius 3 is 2.30 bits per heavy atom. The molecule has 1 saturated carbocycles. The van der Waals surface area contributed by atoms with Crippen molar-refractivity contribution in [3.05, 3.63) is 35.4 Å². The van der Waals surface area contributed by atoms with Crippen LogP contribution >= 0.6 is 0 Å². The lowest BCUT2D eigenvalue weighted by atomic mass is 9.70. The van der Waals surface area contributed by atoms with Crippen LogP contribution in [0.15, 0.2) is 24.3 Å². The zero-order chi connectivity index (χ0) is 13.9. The third-order valence-corrected chi connectivity index (χ3v) is 4.20. The highest BCUT2D eigenvalue weighted by molar-refractivity contribution is 6.20. The van der Waals surface area contributed by atoms with Crippen molar-refractivity contribution in [1.29, 1.82) is 0 Å². The van der Waals surface area contributed by atoms with Gasteiger partial charge in [0.1, 0.15) is 0 Å². The number of rotatable bonds is 2. The summed E-state index contributed by atoms with van der Waals surface area (Å²) in [5, 5.41) is 0.563. The third kappa shape index (κ3) is 1.34. The Morgan fingerprint density at radius 2 is 1.80 bits per heavy atom. The first-order valence-corrected chi connectivity index (χ1v) is 6.43. The molecule has 0 unspecified atom stereocenters. The molecule has 102 valence electrons. The molecule has 3 heterocycles. The van der Waals surface area contributed by atoms with Crippen molar-refractivity contribution in [3.8, 4) is 0 Å². The topological polar surface area (TPSA) is 72.9 Å². The number of fused-ring (bicyclic) bond motifs is 2. The van der Waals surface area contributed by atoms with E-state index >= 15 is 0 Å². The molecule has 5 rings (SSSR count). The molecule has 0 N–H and O–H groups in total. The van der Waals surface area contributed by atoms with Crippen LogP contribution in [0.5, 0.6) is 0 Å². The number of amides is 2. The minimum absolute atomic E-state index is 0.115. The van der Waals surface area contributed by atoms with Gasteiger partial charge in [0, 0.05) is 0 Å². The number of carbonyl (C=O) groups excluding carboxylic acids is 3.